The Morgan fingerprint density at radius 2 is 1.94 bits per heavy atom. The summed E-state index contributed by atoms with van der Waals surface area (Å²) in [6, 6.07) is 6.80. The van der Waals surface area contributed by atoms with Gasteiger partial charge >= 0.3 is 0 Å². The summed E-state index contributed by atoms with van der Waals surface area (Å²) >= 11 is 9.55. The highest BCUT2D eigenvalue weighted by atomic mass is 79.9. The van der Waals surface area contributed by atoms with Crippen LogP contribution in [0.3, 0.4) is 0 Å². The molecule has 2 rings (SSSR count). The molecule has 2 nitrogen and oxygen atoms in total. The number of hydrogen-bond acceptors (Lipinski definition) is 2. The fraction of sp³-hybridized carbons (Fsp3) is 0.500. The highest BCUT2D eigenvalue weighted by Gasteiger charge is 2.18. The molecule has 1 aliphatic carbocycles. The minimum absolute atomic E-state index is 0.390. The van der Waals surface area contributed by atoms with Crippen molar-refractivity contribution in [1.82, 2.24) is 0 Å². The Hall–Kier alpha value is -0.250. The molecule has 0 radical (unpaired) electrons. The molecule has 0 unspecified atom stereocenters. The monoisotopic (exact) mass is 302 g/mol. The van der Waals surface area contributed by atoms with Crippen LogP contribution in [0, 0.1) is 0 Å². The number of nitrogens with one attached hydrogen (secondary N) is 1. The van der Waals surface area contributed by atoms with Crippen molar-refractivity contribution in [2.45, 2.75) is 37.8 Å². The molecule has 1 aromatic carbocycles. The van der Waals surface area contributed by atoms with Gasteiger partial charge < -0.3 is 11.1 Å². The van der Waals surface area contributed by atoms with Gasteiger partial charge in [-0.05, 0) is 53.7 Å². The summed E-state index contributed by atoms with van der Waals surface area (Å²) < 4.78 is 0.950. The van der Waals surface area contributed by atoms with E-state index in [0.29, 0.717) is 12.1 Å². The summed E-state index contributed by atoms with van der Waals surface area (Å²) in [5, 5.41) is 4.27. The second kappa shape index (κ2) is 5.39. The van der Waals surface area contributed by atoms with Crippen LogP contribution in [-0.4, -0.2) is 12.1 Å². The zero-order valence-electron chi connectivity index (χ0n) is 9.05. The topological polar surface area (TPSA) is 38.0 Å². The molecule has 1 aromatic rings. The van der Waals surface area contributed by atoms with E-state index in [1.807, 2.05) is 18.2 Å². The lowest BCUT2D eigenvalue weighted by molar-refractivity contribution is 0.411. The lowest BCUT2D eigenvalue weighted by Crippen LogP contribution is -2.32. The Balaban J connectivity index is 2.01. The summed E-state index contributed by atoms with van der Waals surface area (Å²) in [4.78, 5) is 0. The van der Waals surface area contributed by atoms with E-state index in [9.17, 15) is 0 Å². The summed E-state index contributed by atoms with van der Waals surface area (Å²) in [6.45, 7) is 0. The van der Waals surface area contributed by atoms with Crippen molar-refractivity contribution in [2.24, 2.45) is 5.73 Å². The van der Waals surface area contributed by atoms with Gasteiger partial charge in [0, 0.05) is 12.1 Å². The summed E-state index contributed by atoms with van der Waals surface area (Å²) in [5.74, 6) is 0. The Bertz CT molecular complexity index is 362. The van der Waals surface area contributed by atoms with Crippen molar-refractivity contribution >= 4 is 33.2 Å². The second-order valence-electron chi connectivity index (χ2n) is 4.36. The first-order valence-electron chi connectivity index (χ1n) is 5.63. The number of nitrogens with two attached hydrogens (primary N) is 1. The largest absolute Gasteiger partial charge is 0.381 e. The highest BCUT2D eigenvalue weighted by Crippen LogP contribution is 2.32. The maximum Gasteiger partial charge on any atom is 0.0593 e. The third-order valence-corrected chi connectivity index (χ3v) is 4.48. The molecule has 0 heterocycles. The van der Waals surface area contributed by atoms with E-state index in [2.05, 4.69) is 21.2 Å². The molecule has 88 valence electrons. The first-order chi connectivity index (χ1) is 7.66. The molecular weight excluding hydrogens is 288 g/mol. The number of halogens is 2. The van der Waals surface area contributed by atoms with Crippen molar-refractivity contribution in [2.75, 3.05) is 5.32 Å². The fourth-order valence-electron chi connectivity index (χ4n) is 2.10. The van der Waals surface area contributed by atoms with Gasteiger partial charge in [-0.15, -0.1) is 0 Å². The van der Waals surface area contributed by atoms with E-state index < -0.39 is 0 Å². The Morgan fingerprint density at radius 3 is 2.62 bits per heavy atom. The maximum atomic E-state index is 6.05. The van der Waals surface area contributed by atoms with Crippen molar-refractivity contribution in [1.29, 1.82) is 0 Å². The first-order valence-corrected chi connectivity index (χ1v) is 6.80. The van der Waals surface area contributed by atoms with E-state index in [-0.39, 0.29) is 0 Å². The van der Waals surface area contributed by atoms with E-state index in [4.69, 9.17) is 17.3 Å². The summed E-state index contributed by atoms with van der Waals surface area (Å²) in [7, 11) is 0. The van der Waals surface area contributed by atoms with E-state index >= 15 is 0 Å². The molecule has 0 amide bonds. The van der Waals surface area contributed by atoms with Gasteiger partial charge in [0.15, 0.2) is 0 Å². The lowest BCUT2D eigenvalue weighted by Gasteiger charge is -2.28. The molecule has 0 atom stereocenters. The van der Waals surface area contributed by atoms with Crippen molar-refractivity contribution in [3.05, 3.63) is 27.7 Å². The smallest absolute Gasteiger partial charge is 0.0593 e. The zero-order chi connectivity index (χ0) is 11.5. The first kappa shape index (κ1) is 12.2. The molecule has 3 N–H and O–H groups in total. The van der Waals surface area contributed by atoms with Gasteiger partial charge in [-0.2, -0.15) is 0 Å². The number of rotatable bonds is 2. The maximum absolute atomic E-state index is 6.05. The predicted molar refractivity (Wildman–Crippen MR) is 73.0 cm³/mol. The number of benzene rings is 1. The second-order valence-corrected chi connectivity index (χ2v) is 5.56. The normalized spacial score (nSPS) is 25.4. The van der Waals surface area contributed by atoms with E-state index in [1.54, 1.807) is 0 Å². The van der Waals surface area contributed by atoms with Crippen LogP contribution >= 0.6 is 27.5 Å². The van der Waals surface area contributed by atoms with Crippen molar-refractivity contribution in [3.8, 4) is 0 Å². The van der Waals surface area contributed by atoms with Crippen LogP contribution in [0.25, 0.3) is 0 Å². The molecule has 1 saturated carbocycles. The zero-order valence-corrected chi connectivity index (χ0v) is 11.4. The third kappa shape index (κ3) is 2.90. The van der Waals surface area contributed by atoms with Gasteiger partial charge in [-0.1, -0.05) is 17.7 Å². The molecule has 0 bridgehead atoms. The standard InChI is InChI=1S/C12H16BrClN2/c13-12-10(14)2-1-3-11(12)16-9-6-4-8(15)5-7-9/h1-3,8-9,16H,4-7,15H2. The molecular formula is C12H16BrClN2. The summed E-state index contributed by atoms with van der Waals surface area (Å²) in [6.07, 6.45) is 4.49. The van der Waals surface area contributed by atoms with Gasteiger partial charge in [0.05, 0.1) is 15.2 Å². The van der Waals surface area contributed by atoms with Crippen LogP contribution in [0.4, 0.5) is 5.69 Å². The minimum atomic E-state index is 0.390. The molecule has 0 aromatic heterocycles. The lowest BCUT2D eigenvalue weighted by atomic mass is 9.92. The Kier molecular flexibility index (Phi) is 4.11. The Labute approximate surface area is 110 Å². The quantitative estimate of drug-likeness (QED) is 0.872. The molecule has 1 fully saturated rings. The average molecular weight is 304 g/mol. The SMILES string of the molecule is NC1CCC(Nc2cccc(Cl)c2Br)CC1. The van der Waals surface area contributed by atoms with Gasteiger partial charge in [-0.3, -0.25) is 0 Å². The minimum Gasteiger partial charge on any atom is -0.381 e. The molecule has 16 heavy (non-hydrogen) atoms. The molecule has 1 aliphatic rings. The molecule has 4 heteroatoms. The van der Waals surface area contributed by atoms with Crippen molar-refractivity contribution < 1.29 is 0 Å². The Morgan fingerprint density at radius 1 is 1.25 bits per heavy atom. The van der Waals surface area contributed by atoms with Crippen LogP contribution in [0.2, 0.25) is 5.02 Å². The van der Waals surface area contributed by atoms with Gasteiger partial charge in [0.2, 0.25) is 0 Å². The molecule has 0 saturated heterocycles. The third-order valence-electron chi connectivity index (χ3n) is 3.08. The molecule has 0 spiro atoms. The van der Waals surface area contributed by atoms with Gasteiger partial charge in [0.1, 0.15) is 0 Å². The van der Waals surface area contributed by atoms with E-state index in [1.165, 1.54) is 0 Å². The van der Waals surface area contributed by atoms with Crippen LogP contribution < -0.4 is 11.1 Å². The highest BCUT2D eigenvalue weighted by molar-refractivity contribution is 9.10. The van der Waals surface area contributed by atoms with Crippen LogP contribution in [0.5, 0.6) is 0 Å². The van der Waals surface area contributed by atoms with Crippen LogP contribution in [0.1, 0.15) is 25.7 Å². The number of anilines is 1. The van der Waals surface area contributed by atoms with E-state index in [0.717, 1.165) is 40.9 Å². The molecule has 0 aliphatic heterocycles. The predicted octanol–water partition coefficient (Wildman–Crippen LogP) is 3.78. The van der Waals surface area contributed by atoms with Gasteiger partial charge in [-0.25, -0.2) is 0 Å². The van der Waals surface area contributed by atoms with Crippen LogP contribution in [0.15, 0.2) is 22.7 Å². The summed E-state index contributed by atoms with van der Waals surface area (Å²) in [5.41, 5.74) is 6.96. The average Bonchev–Trinajstić information content (AvgIpc) is 2.28. The van der Waals surface area contributed by atoms with Crippen LogP contribution in [-0.2, 0) is 0 Å². The van der Waals surface area contributed by atoms with Crippen molar-refractivity contribution in [3.63, 3.8) is 0 Å². The number of hydrogen-bond donors (Lipinski definition) is 2. The van der Waals surface area contributed by atoms with Gasteiger partial charge in [0.25, 0.3) is 0 Å². The fourth-order valence-corrected chi connectivity index (χ4v) is 2.65.